The van der Waals surface area contributed by atoms with Crippen molar-refractivity contribution in [2.24, 2.45) is 47.3 Å². The number of carboxylic acid groups (broad SMARTS) is 2. The molecule has 354 valence electrons. The quantitative estimate of drug-likeness (QED) is 0.0573. The van der Waals surface area contributed by atoms with Gasteiger partial charge in [0.2, 0.25) is 0 Å². The number of ether oxygens (including phenoxy) is 2. The molecule has 0 aliphatic carbocycles. The van der Waals surface area contributed by atoms with Crippen molar-refractivity contribution in [2.75, 3.05) is 52.5 Å². The number of rotatable bonds is 41. The highest BCUT2D eigenvalue weighted by Gasteiger charge is 2.21. The average molecular weight is 853 g/mol. The maximum atomic E-state index is 12.7. The lowest BCUT2D eigenvalue weighted by Crippen LogP contribution is -2.44. The number of carboxylic acids is 2. The predicted molar refractivity (Wildman–Crippen MR) is 247 cm³/mol. The number of hydrogen-bond donors (Lipinski definition) is 2. The summed E-state index contributed by atoms with van der Waals surface area (Å²) in [4.78, 5) is 51.4. The van der Waals surface area contributed by atoms with E-state index >= 15 is 0 Å². The van der Waals surface area contributed by atoms with Crippen LogP contribution in [-0.2, 0) is 28.7 Å². The standard InChI is InChI=1S/C50H96N2O8/c1-39(2)17-11-19-41(5)21-13-23-43(7)25-15-27-45(9)29-33-59-49(57)37-51(35-47(53)54)31-32-52(36-48(55)56)38-50(58)60-34-30-46(10)28-16-26-44(8)24-14-22-42(6)20-12-18-40(3)4/h39-46H,11-38H2,1-10H3,(H,53,54)(H,55,56). The maximum absolute atomic E-state index is 12.7. The third kappa shape index (κ3) is 37.6. The Morgan fingerprint density at radius 1 is 0.367 bits per heavy atom. The molecule has 0 aromatic carbocycles. The Morgan fingerprint density at radius 2 is 0.600 bits per heavy atom. The van der Waals surface area contributed by atoms with Gasteiger partial charge in [0.1, 0.15) is 0 Å². The Morgan fingerprint density at radius 3 is 0.833 bits per heavy atom. The van der Waals surface area contributed by atoms with E-state index in [1.165, 1.54) is 99.7 Å². The summed E-state index contributed by atoms with van der Waals surface area (Å²) in [6.45, 7) is 22.5. The lowest BCUT2D eigenvalue weighted by molar-refractivity contribution is -0.149. The molecule has 0 saturated carbocycles. The molecule has 0 aliphatic rings. The van der Waals surface area contributed by atoms with Gasteiger partial charge >= 0.3 is 23.9 Å². The Labute approximate surface area is 369 Å². The van der Waals surface area contributed by atoms with Crippen LogP contribution in [0.3, 0.4) is 0 Å². The van der Waals surface area contributed by atoms with Crippen LogP contribution >= 0.6 is 0 Å². The largest absolute Gasteiger partial charge is 0.480 e. The van der Waals surface area contributed by atoms with Crippen LogP contribution in [0, 0.1) is 47.3 Å². The van der Waals surface area contributed by atoms with Crippen molar-refractivity contribution >= 4 is 23.9 Å². The van der Waals surface area contributed by atoms with Gasteiger partial charge in [0.25, 0.3) is 0 Å². The van der Waals surface area contributed by atoms with Gasteiger partial charge in [-0.1, -0.05) is 185 Å². The van der Waals surface area contributed by atoms with Crippen molar-refractivity contribution in [2.45, 2.75) is 198 Å². The van der Waals surface area contributed by atoms with E-state index in [0.29, 0.717) is 11.8 Å². The smallest absolute Gasteiger partial charge is 0.320 e. The number of esters is 2. The van der Waals surface area contributed by atoms with Crippen LogP contribution in [0.5, 0.6) is 0 Å². The number of carbonyl (C=O) groups is 4. The second kappa shape index (κ2) is 36.3. The molecule has 0 heterocycles. The summed E-state index contributed by atoms with van der Waals surface area (Å²) >= 11 is 0. The minimum atomic E-state index is -1.10. The van der Waals surface area contributed by atoms with E-state index in [1.54, 1.807) is 0 Å². The molecule has 0 spiro atoms. The fourth-order valence-corrected chi connectivity index (χ4v) is 8.17. The third-order valence-corrected chi connectivity index (χ3v) is 12.4. The van der Waals surface area contributed by atoms with Crippen LogP contribution in [0.1, 0.15) is 198 Å². The van der Waals surface area contributed by atoms with E-state index in [1.807, 2.05) is 0 Å². The zero-order chi connectivity index (χ0) is 45.3. The third-order valence-electron chi connectivity index (χ3n) is 12.4. The fourth-order valence-electron chi connectivity index (χ4n) is 8.17. The summed E-state index contributed by atoms with van der Waals surface area (Å²) in [5, 5.41) is 19.0. The van der Waals surface area contributed by atoms with E-state index in [9.17, 15) is 29.4 Å². The van der Waals surface area contributed by atoms with Crippen molar-refractivity contribution in [3.05, 3.63) is 0 Å². The minimum Gasteiger partial charge on any atom is -0.480 e. The first-order valence-corrected chi connectivity index (χ1v) is 24.5. The molecule has 60 heavy (non-hydrogen) atoms. The Hall–Kier alpha value is -2.20. The number of hydrogen-bond acceptors (Lipinski definition) is 8. The molecule has 0 rings (SSSR count). The van der Waals surface area contributed by atoms with E-state index in [2.05, 4.69) is 69.2 Å². The highest BCUT2D eigenvalue weighted by molar-refractivity contribution is 5.74. The zero-order valence-electron chi connectivity index (χ0n) is 40.7. The molecule has 6 atom stereocenters. The number of nitrogens with zero attached hydrogens (tertiary/aromatic N) is 2. The van der Waals surface area contributed by atoms with Gasteiger partial charge in [-0.05, 0) is 60.2 Å². The maximum Gasteiger partial charge on any atom is 0.320 e. The summed E-state index contributed by atoms with van der Waals surface area (Å²) in [5.41, 5.74) is 0. The zero-order valence-corrected chi connectivity index (χ0v) is 40.7. The normalized spacial score (nSPS) is 15.0. The summed E-state index contributed by atoms with van der Waals surface area (Å²) in [6.07, 6.45) is 24.2. The van der Waals surface area contributed by atoms with Gasteiger partial charge in [-0.25, -0.2) is 0 Å². The summed E-state index contributed by atoms with van der Waals surface area (Å²) in [7, 11) is 0. The number of carbonyl (C=O) groups excluding carboxylic acids is 2. The molecule has 0 fully saturated rings. The van der Waals surface area contributed by atoms with Crippen LogP contribution in [0.2, 0.25) is 0 Å². The fraction of sp³-hybridized carbons (Fsp3) is 0.920. The molecule has 0 saturated heterocycles. The summed E-state index contributed by atoms with van der Waals surface area (Å²) in [5.74, 6) is 2.25. The Kier molecular flexibility index (Phi) is 35.0. The van der Waals surface area contributed by atoms with Crippen LogP contribution in [-0.4, -0.2) is 96.4 Å². The lowest BCUT2D eigenvalue weighted by atomic mass is 9.91. The van der Waals surface area contributed by atoms with E-state index in [-0.39, 0.29) is 39.4 Å². The first-order chi connectivity index (χ1) is 28.4. The predicted octanol–water partition coefficient (Wildman–Crippen LogP) is 11.8. The molecule has 0 aromatic heterocycles. The van der Waals surface area contributed by atoms with Gasteiger partial charge in [-0.3, -0.25) is 29.0 Å². The summed E-state index contributed by atoms with van der Waals surface area (Å²) < 4.78 is 11.0. The van der Waals surface area contributed by atoms with Crippen molar-refractivity contribution in [1.29, 1.82) is 0 Å². The monoisotopic (exact) mass is 853 g/mol. The first kappa shape index (κ1) is 57.8. The van der Waals surface area contributed by atoms with Gasteiger partial charge in [0, 0.05) is 13.1 Å². The van der Waals surface area contributed by atoms with Gasteiger partial charge in [0.05, 0.1) is 39.4 Å². The van der Waals surface area contributed by atoms with Crippen molar-refractivity contribution in [3.63, 3.8) is 0 Å². The van der Waals surface area contributed by atoms with Crippen LogP contribution in [0.15, 0.2) is 0 Å². The van der Waals surface area contributed by atoms with Gasteiger partial charge in [0.15, 0.2) is 0 Å². The molecule has 10 heteroatoms. The van der Waals surface area contributed by atoms with Crippen molar-refractivity contribution < 1.29 is 38.9 Å². The molecule has 10 nitrogen and oxygen atoms in total. The molecule has 0 aliphatic heterocycles. The van der Waals surface area contributed by atoms with E-state index < -0.39 is 37.0 Å². The molecule has 0 radical (unpaired) electrons. The van der Waals surface area contributed by atoms with Crippen molar-refractivity contribution in [1.82, 2.24) is 9.80 Å². The van der Waals surface area contributed by atoms with Gasteiger partial charge in [-0.15, -0.1) is 0 Å². The lowest BCUT2D eigenvalue weighted by Gasteiger charge is -2.25. The summed E-state index contributed by atoms with van der Waals surface area (Å²) in [6, 6.07) is 0. The van der Waals surface area contributed by atoms with Gasteiger partial charge < -0.3 is 19.7 Å². The topological polar surface area (TPSA) is 134 Å². The van der Waals surface area contributed by atoms with Crippen LogP contribution in [0.25, 0.3) is 0 Å². The highest BCUT2D eigenvalue weighted by atomic mass is 16.5. The molecule has 0 aromatic rings. The molecule has 2 N–H and O–H groups in total. The minimum absolute atomic E-state index is 0.0837. The van der Waals surface area contributed by atoms with E-state index in [0.717, 1.165) is 74.0 Å². The SMILES string of the molecule is CC(C)CCCC(C)CCCC(C)CCCC(C)CCOC(=O)CN(CCN(CC(=O)O)CC(=O)OCCC(C)CCCC(C)CCCC(C)CCCC(C)C)CC(=O)O. The Balaban J connectivity index is 4.45. The van der Waals surface area contributed by atoms with E-state index in [4.69, 9.17) is 9.47 Å². The van der Waals surface area contributed by atoms with Crippen LogP contribution < -0.4 is 0 Å². The molecule has 0 amide bonds. The Bertz CT molecular complexity index is 1020. The number of aliphatic carboxylic acids is 2. The van der Waals surface area contributed by atoms with Crippen molar-refractivity contribution in [3.8, 4) is 0 Å². The second-order valence-corrected chi connectivity index (χ2v) is 20.2. The second-order valence-electron chi connectivity index (χ2n) is 20.2. The van der Waals surface area contributed by atoms with Gasteiger partial charge in [-0.2, -0.15) is 0 Å². The molecule has 6 unspecified atom stereocenters. The van der Waals surface area contributed by atoms with Crippen LogP contribution in [0.4, 0.5) is 0 Å². The molecular weight excluding hydrogens is 757 g/mol. The first-order valence-electron chi connectivity index (χ1n) is 24.5. The average Bonchev–Trinajstić information content (AvgIpc) is 3.13. The molecule has 0 bridgehead atoms. The highest BCUT2D eigenvalue weighted by Crippen LogP contribution is 2.24. The molecular formula is C50H96N2O8.